The van der Waals surface area contributed by atoms with Crippen LogP contribution >= 0.6 is 0 Å². The van der Waals surface area contributed by atoms with Gasteiger partial charge in [0.15, 0.2) is 0 Å². The molecule has 0 spiro atoms. The zero-order valence-electron chi connectivity index (χ0n) is 8.40. The Morgan fingerprint density at radius 2 is 1.92 bits per heavy atom. The van der Waals surface area contributed by atoms with Crippen LogP contribution in [0.25, 0.3) is 0 Å². The van der Waals surface area contributed by atoms with E-state index in [-0.39, 0.29) is 0 Å². The molecule has 0 aliphatic carbocycles. The van der Waals surface area contributed by atoms with Crippen LogP contribution < -0.4 is 5.73 Å². The predicted octanol–water partition coefficient (Wildman–Crippen LogP) is 2.17. The molecule has 1 aromatic rings. The molecule has 1 heterocycles. The summed E-state index contributed by atoms with van der Waals surface area (Å²) in [6, 6.07) is 4.11. The van der Waals surface area contributed by atoms with Crippen LogP contribution in [-0.4, -0.2) is 11.5 Å². The number of aromatic nitrogens is 1. The van der Waals surface area contributed by atoms with Crippen LogP contribution in [0.4, 0.5) is 0 Å². The van der Waals surface area contributed by atoms with Gasteiger partial charge in [0.2, 0.25) is 0 Å². The fourth-order valence-corrected chi connectivity index (χ4v) is 1.57. The summed E-state index contributed by atoms with van der Waals surface area (Å²) in [5.74, 6) is 1.18. The molecular weight excluding hydrogens is 160 g/mol. The number of rotatable bonds is 4. The summed E-state index contributed by atoms with van der Waals surface area (Å²) in [4.78, 5) is 4.00. The van der Waals surface area contributed by atoms with Crippen molar-refractivity contribution >= 4 is 0 Å². The van der Waals surface area contributed by atoms with Gasteiger partial charge < -0.3 is 5.73 Å². The maximum Gasteiger partial charge on any atom is 0.0270 e. The fraction of sp³-hybridized carbons (Fsp3) is 0.545. The molecule has 2 nitrogen and oxygen atoms in total. The molecule has 13 heavy (non-hydrogen) atoms. The van der Waals surface area contributed by atoms with Gasteiger partial charge in [0, 0.05) is 12.4 Å². The van der Waals surface area contributed by atoms with Crippen molar-refractivity contribution in [3.8, 4) is 0 Å². The number of pyridine rings is 1. The highest BCUT2D eigenvalue weighted by molar-refractivity contribution is 5.16. The lowest BCUT2D eigenvalue weighted by Gasteiger charge is -2.16. The van der Waals surface area contributed by atoms with Gasteiger partial charge in [-0.1, -0.05) is 13.8 Å². The van der Waals surface area contributed by atoms with Crippen molar-refractivity contribution in [1.29, 1.82) is 0 Å². The summed E-state index contributed by atoms with van der Waals surface area (Å²) in [5.41, 5.74) is 7.04. The molecule has 1 rings (SSSR count). The lowest BCUT2D eigenvalue weighted by Crippen LogP contribution is -2.14. The van der Waals surface area contributed by atoms with Crippen LogP contribution in [0.3, 0.4) is 0 Å². The van der Waals surface area contributed by atoms with Gasteiger partial charge in [-0.05, 0) is 42.5 Å². The Kier molecular flexibility index (Phi) is 3.90. The largest absolute Gasteiger partial charge is 0.330 e. The molecule has 0 saturated carbocycles. The van der Waals surface area contributed by atoms with Crippen LogP contribution in [0, 0.1) is 5.92 Å². The van der Waals surface area contributed by atoms with Crippen LogP contribution in [0.2, 0.25) is 0 Å². The first kappa shape index (κ1) is 10.2. The number of nitrogens with two attached hydrogens (primary N) is 1. The van der Waals surface area contributed by atoms with Crippen molar-refractivity contribution in [3.63, 3.8) is 0 Å². The molecule has 1 atom stereocenters. The van der Waals surface area contributed by atoms with Gasteiger partial charge in [0.05, 0.1) is 0 Å². The van der Waals surface area contributed by atoms with Gasteiger partial charge in [-0.3, -0.25) is 4.98 Å². The summed E-state index contributed by atoms with van der Waals surface area (Å²) < 4.78 is 0. The summed E-state index contributed by atoms with van der Waals surface area (Å²) in [6.45, 7) is 5.18. The molecule has 0 aromatic carbocycles. The van der Waals surface area contributed by atoms with E-state index in [9.17, 15) is 0 Å². The standard InChI is InChI=1S/C11H18N2/c1-9(2)7-11(8-12)10-3-5-13-6-4-10/h3-6,9,11H,7-8,12H2,1-2H3. The van der Waals surface area contributed by atoms with E-state index in [4.69, 9.17) is 5.73 Å². The molecule has 0 aliphatic rings. The van der Waals surface area contributed by atoms with Gasteiger partial charge >= 0.3 is 0 Å². The highest BCUT2D eigenvalue weighted by atomic mass is 14.6. The second-order valence-electron chi connectivity index (χ2n) is 3.84. The third kappa shape index (κ3) is 3.15. The van der Waals surface area contributed by atoms with Gasteiger partial charge in [0.25, 0.3) is 0 Å². The summed E-state index contributed by atoms with van der Waals surface area (Å²) in [5, 5.41) is 0. The summed E-state index contributed by atoms with van der Waals surface area (Å²) in [7, 11) is 0. The number of nitrogens with zero attached hydrogens (tertiary/aromatic N) is 1. The molecule has 0 bridgehead atoms. The first-order valence-corrected chi connectivity index (χ1v) is 4.84. The van der Waals surface area contributed by atoms with E-state index in [2.05, 4.69) is 31.0 Å². The van der Waals surface area contributed by atoms with Crippen LogP contribution in [0.15, 0.2) is 24.5 Å². The third-order valence-electron chi connectivity index (χ3n) is 2.22. The van der Waals surface area contributed by atoms with Crippen molar-refractivity contribution in [2.24, 2.45) is 11.7 Å². The molecule has 0 aliphatic heterocycles. The molecule has 0 fully saturated rings. The molecule has 0 saturated heterocycles. The first-order valence-electron chi connectivity index (χ1n) is 4.84. The second kappa shape index (κ2) is 4.97. The number of hydrogen-bond acceptors (Lipinski definition) is 2. The lowest BCUT2D eigenvalue weighted by atomic mass is 9.91. The Labute approximate surface area is 80.2 Å². The second-order valence-corrected chi connectivity index (χ2v) is 3.84. The predicted molar refractivity (Wildman–Crippen MR) is 55.5 cm³/mol. The average Bonchev–Trinajstić information content (AvgIpc) is 2.15. The molecule has 0 amide bonds. The molecular formula is C11H18N2. The summed E-state index contributed by atoms with van der Waals surface area (Å²) in [6.07, 6.45) is 4.82. The Hall–Kier alpha value is -0.890. The zero-order valence-corrected chi connectivity index (χ0v) is 8.40. The average molecular weight is 178 g/mol. The molecule has 0 radical (unpaired) electrons. The van der Waals surface area contributed by atoms with Crippen molar-refractivity contribution < 1.29 is 0 Å². The van der Waals surface area contributed by atoms with E-state index in [0.29, 0.717) is 11.8 Å². The van der Waals surface area contributed by atoms with E-state index < -0.39 is 0 Å². The fourth-order valence-electron chi connectivity index (χ4n) is 1.57. The third-order valence-corrected chi connectivity index (χ3v) is 2.22. The minimum atomic E-state index is 0.489. The first-order chi connectivity index (χ1) is 6.24. The Morgan fingerprint density at radius 1 is 1.31 bits per heavy atom. The monoisotopic (exact) mass is 178 g/mol. The maximum atomic E-state index is 5.73. The van der Waals surface area contributed by atoms with E-state index >= 15 is 0 Å². The molecule has 2 N–H and O–H groups in total. The maximum absolute atomic E-state index is 5.73. The topological polar surface area (TPSA) is 38.9 Å². The molecule has 2 heteroatoms. The highest BCUT2D eigenvalue weighted by Gasteiger charge is 2.10. The minimum absolute atomic E-state index is 0.489. The highest BCUT2D eigenvalue weighted by Crippen LogP contribution is 2.21. The Bertz CT molecular complexity index is 231. The summed E-state index contributed by atoms with van der Waals surface area (Å²) >= 11 is 0. The molecule has 1 unspecified atom stereocenters. The molecule has 1 aromatic heterocycles. The van der Waals surface area contributed by atoms with Crippen LogP contribution in [0.1, 0.15) is 31.7 Å². The van der Waals surface area contributed by atoms with Gasteiger partial charge in [-0.25, -0.2) is 0 Å². The van der Waals surface area contributed by atoms with Crippen molar-refractivity contribution in [2.45, 2.75) is 26.2 Å². The van der Waals surface area contributed by atoms with E-state index in [0.717, 1.165) is 13.0 Å². The molecule has 72 valence electrons. The normalized spacial score (nSPS) is 13.2. The van der Waals surface area contributed by atoms with Crippen LogP contribution in [0.5, 0.6) is 0 Å². The van der Waals surface area contributed by atoms with Gasteiger partial charge in [-0.15, -0.1) is 0 Å². The SMILES string of the molecule is CC(C)CC(CN)c1ccncc1. The smallest absolute Gasteiger partial charge is 0.0270 e. The minimum Gasteiger partial charge on any atom is -0.330 e. The lowest BCUT2D eigenvalue weighted by molar-refractivity contribution is 0.504. The zero-order chi connectivity index (χ0) is 9.68. The van der Waals surface area contributed by atoms with Gasteiger partial charge in [0.1, 0.15) is 0 Å². The van der Waals surface area contributed by atoms with E-state index in [1.54, 1.807) is 0 Å². The Morgan fingerprint density at radius 3 is 2.38 bits per heavy atom. The van der Waals surface area contributed by atoms with E-state index in [1.807, 2.05) is 12.4 Å². The number of hydrogen-bond donors (Lipinski definition) is 1. The van der Waals surface area contributed by atoms with E-state index in [1.165, 1.54) is 5.56 Å². The Balaban J connectivity index is 2.67. The van der Waals surface area contributed by atoms with Crippen LogP contribution in [-0.2, 0) is 0 Å². The van der Waals surface area contributed by atoms with Crippen molar-refractivity contribution in [1.82, 2.24) is 4.98 Å². The quantitative estimate of drug-likeness (QED) is 0.767. The van der Waals surface area contributed by atoms with Gasteiger partial charge in [-0.2, -0.15) is 0 Å². The van der Waals surface area contributed by atoms with Crippen molar-refractivity contribution in [2.75, 3.05) is 6.54 Å². The van der Waals surface area contributed by atoms with Crippen molar-refractivity contribution in [3.05, 3.63) is 30.1 Å².